The molecule has 0 amide bonds. The average Bonchev–Trinajstić information content (AvgIpc) is 2.69. The van der Waals surface area contributed by atoms with E-state index in [4.69, 9.17) is 9.47 Å². The predicted octanol–water partition coefficient (Wildman–Crippen LogP) is 6.76. The first-order chi connectivity index (χ1) is 13.4. The molecule has 0 N–H and O–H groups in total. The van der Waals surface area contributed by atoms with E-state index >= 15 is 0 Å². The number of azo groups is 1. The molecule has 2 aromatic carbocycles. The number of hydrogen-bond acceptors (Lipinski definition) is 5. The summed E-state index contributed by atoms with van der Waals surface area (Å²) in [6.45, 7) is 4.70. The van der Waals surface area contributed by atoms with Crippen molar-refractivity contribution in [2.24, 2.45) is 10.2 Å². The average molecular weight is 447 g/mol. The molecule has 0 unspecified atom stereocenters. The van der Waals surface area contributed by atoms with Crippen molar-refractivity contribution in [3.05, 3.63) is 54.6 Å². The number of unbranched alkanes of at least 4 members (excludes halogenated alkanes) is 3. The summed E-state index contributed by atoms with van der Waals surface area (Å²) in [6.07, 6.45) is 3.89. The molecule has 2 rings (SSSR count). The van der Waals surface area contributed by atoms with Gasteiger partial charge in [-0.25, -0.2) is 0 Å². The van der Waals surface area contributed by atoms with E-state index < -0.39 is 4.32 Å². The first-order valence-corrected chi connectivity index (χ1v) is 10.3. The highest BCUT2D eigenvalue weighted by Gasteiger charge is 2.24. The van der Waals surface area contributed by atoms with E-state index in [0.29, 0.717) is 13.2 Å². The second kappa shape index (κ2) is 11.6. The Morgan fingerprint density at radius 2 is 1.43 bits per heavy atom. The van der Waals surface area contributed by atoms with Gasteiger partial charge in [0.1, 0.15) is 10.1 Å². The van der Waals surface area contributed by atoms with Crippen LogP contribution in [0.15, 0.2) is 64.8 Å². The van der Waals surface area contributed by atoms with Crippen LogP contribution in [0.4, 0.5) is 11.4 Å². The molecular formula is C22H27BrN2O3. The number of benzene rings is 2. The molecule has 0 aliphatic rings. The fourth-order valence-corrected chi connectivity index (χ4v) is 2.42. The highest BCUT2D eigenvalue weighted by molar-refractivity contribution is 9.10. The minimum atomic E-state index is -0.612. The lowest BCUT2D eigenvalue weighted by Gasteiger charge is -2.14. The molecule has 0 bridgehead atoms. The lowest BCUT2D eigenvalue weighted by atomic mass is 10.2. The molecule has 0 spiro atoms. The summed E-state index contributed by atoms with van der Waals surface area (Å²) in [5.74, 6) is 0.606. The number of esters is 1. The van der Waals surface area contributed by atoms with Gasteiger partial charge < -0.3 is 9.47 Å². The maximum atomic E-state index is 11.6. The molecule has 5 nitrogen and oxygen atoms in total. The van der Waals surface area contributed by atoms with Crippen molar-refractivity contribution in [3.8, 4) is 5.75 Å². The molecule has 0 fully saturated rings. The van der Waals surface area contributed by atoms with Crippen LogP contribution in [-0.2, 0) is 9.53 Å². The van der Waals surface area contributed by atoms with Crippen LogP contribution >= 0.6 is 15.9 Å². The van der Waals surface area contributed by atoms with E-state index in [1.807, 2.05) is 54.6 Å². The predicted molar refractivity (Wildman–Crippen MR) is 115 cm³/mol. The van der Waals surface area contributed by atoms with Crippen LogP contribution in [0.2, 0.25) is 0 Å². The zero-order valence-electron chi connectivity index (χ0n) is 16.4. The van der Waals surface area contributed by atoms with Gasteiger partial charge in [-0.05, 0) is 75.9 Å². The number of nitrogens with zero attached hydrogens (tertiary/aromatic N) is 2. The standard InChI is InChI=1S/C22H27BrN2O3/c1-22(2,23)21(26)28-17-9-4-3-8-16-27-20-14-12-19(13-15-20)25-24-18-10-6-5-7-11-18/h5-7,10-15H,3-4,8-9,16-17H2,1-2H3. The maximum absolute atomic E-state index is 11.6. The fourth-order valence-electron chi connectivity index (χ4n) is 2.30. The first-order valence-electron chi connectivity index (χ1n) is 9.51. The third-order valence-electron chi connectivity index (χ3n) is 3.90. The van der Waals surface area contributed by atoms with Crippen molar-refractivity contribution in [2.45, 2.75) is 43.9 Å². The van der Waals surface area contributed by atoms with Gasteiger partial charge in [-0.15, -0.1) is 0 Å². The molecule has 0 aromatic heterocycles. The zero-order chi connectivity index (χ0) is 20.2. The summed E-state index contributed by atoms with van der Waals surface area (Å²) in [4.78, 5) is 11.6. The largest absolute Gasteiger partial charge is 0.494 e. The molecule has 0 heterocycles. The Labute approximate surface area is 175 Å². The van der Waals surface area contributed by atoms with Crippen LogP contribution in [-0.4, -0.2) is 23.5 Å². The van der Waals surface area contributed by atoms with E-state index in [1.165, 1.54) is 0 Å². The molecular weight excluding hydrogens is 420 g/mol. The lowest BCUT2D eigenvalue weighted by molar-refractivity contribution is -0.145. The third-order valence-corrected chi connectivity index (χ3v) is 4.22. The van der Waals surface area contributed by atoms with Crippen molar-refractivity contribution < 1.29 is 14.3 Å². The number of hydrogen-bond donors (Lipinski definition) is 0. The summed E-state index contributed by atoms with van der Waals surface area (Å²) < 4.78 is 10.3. The monoisotopic (exact) mass is 446 g/mol. The number of carbonyl (C=O) groups is 1. The molecule has 0 saturated heterocycles. The lowest BCUT2D eigenvalue weighted by Crippen LogP contribution is -2.26. The van der Waals surface area contributed by atoms with Crippen LogP contribution in [0.3, 0.4) is 0 Å². The third kappa shape index (κ3) is 8.65. The molecule has 0 atom stereocenters. The molecule has 150 valence electrons. The summed E-state index contributed by atoms with van der Waals surface area (Å²) in [7, 11) is 0. The highest BCUT2D eigenvalue weighted by Crippen LogP contribution is 2.21. The minimum absolute atomic E-state index is 0.220. The van der Waals surface area contributed by atoms with Gasteiger partial charge in [-0.2, -0.15) is 10.2 Å². The Morgan fingerprint density at radius 3 is 2.04 bits per heavy atom. The van der Waals surface area contributed by atoms with Gasteiger partial charge >= 0.3 is 5.97 Å². The summed E-state index contributed by atoms with van der Waals surface area (Å²) in [5.41, 5.74) is 1.62. The molecule has 0 aliphatic heterocycles. The normalized spacial score (nSPS) is 11.5. The highest BCUT2D eigenvalue weighted by atomic mass is 79.9. The quantitative estimate of drug-likeness (QED) is 0.166. The maximum Gasteiger partial charge on any atom is 0.322 e. The molecule has 0 radical (unpaired) electrons. The molecule has 2 aromatic rings. The van der Waals surface area contributed by atoms with Gasteiger partial charge in [0.05, 0.1) is 24.6 Å². The summed E-state index contributed by atoms with van der Waals surface area (Å²) in [5, 5.41) is 8.41. The SMILES string of the molecule is CC(C)(Br)C(=O)OCCCCCCOc1ccc(N=Nc2ccccc2)cc1. The fraction of sp³-hybridized carbons (Fsp3) is 0.409. The van der Waals surface area contributed by atoms with E-state index in [-0.39, 0.29) is 5.97 Å². The summed E-state index contributed by atoms with van der Waals surface area (Å²) >= 11 is 3.29. The molecule has 28 heavy (non-hydrogen) atoms. The summed E-state index contributed by atoms with van der Waals surface area (Å²) in [6, 6.07) is 17.2. The number of rotatable bonds is 11. The van der Waals surface area contributed by atoms with Crippen molar-refractivity contribution >= 4 is 33.3 Å². The van der Waals surface area contributed by atoms with Gasteiger partial charge in [-0.1, -0.05) is 34.1 Å². The Morgan fingerprint density at radius 1 is 0.857 bits per heavy atom. The topological polar surface area (TPSA) is 60.2 Å². The van der Waals surface area contributed by atoms with E-state index in [0.717, 1.165) is 42.8 Å². The van der Waals surface area contributed by atoms with E-state index in [9.17, 15) is 4.79 Å². The Hall–Kier alpha value is -2.21. The molecule has 0 aliphatic carbocycles. The number of carbonyl (C=O) groups excluding carboxylic acids is 1. The van der Waals surface area contributed by atoms with Gasteiger partial charge in [0.15, 0.2) is 0 Å². The smallest absolute Gasteiger partial charge is 0.322 e. The second-order valence-corrected chi connectivity index (χ2v) is 8.88. The Balaban J connectivity index is 1.57. The second-order valence-electron chi connectivity index (χ2n) is 6.90. The van der Waals surface area contributed by atoms with Gasteiger partial charge in [0.2, 0.25) is 0 Å². The Bertz CT molecular complexity index is 741. The molecule has 6 heteroatoms. The Kier molecular flexibility index (Phi) is 9.14. The first kappa shape index (κ1) is 22.1. The van der Waals surface area contributed by atoms with Gasteiger partial charge in [-0.3, -0.25) is 4.79 Å². The van der Waals surface area contributed by atoms with Crippen LogP contribution in [0, 0.1) is 0 Å². The minimum Gasteiger partial charge on any atom is -0.494 e. The van der Waals surface area contributed by atoms with E-state index in [1.54, 1.807) is 13.8 Å². The molecule has 0 saturated carbocycles. The van der Waals surface area contributed by atoms with E-state index in [2.05, 4.69) is 26.2 Å². The van der Waals surface area contributed by atoms with Gasteiger partial charge in [0, 0.05) is 0 Å². The van der Waals surface area contributed by atoms with Crippen molar-refractivity contribution in [1.29, 1.82) is 0 Å². The zero-order valence-corrected chi connectivity index (χ0v) is 18.0. The number of alkyl halides is 1. The van der Waals surface area contributed by atoms with Crippen LogP contribution in [0.5, 0.6) is 5.75 Å². The van der Waals surface area contributed by atoms with Crippen LogP contribution in [0.25, 0.3) is 0 Å². The van der Waals surface area contributed by atoms with Crippen molar-refractivity contribution in [3.63, 3.8) is 0 Å². The number of halogens is 1. The van der Waals surface area contributed by atoms with Crippen molar-refractivity contribution in [2.75, 3.05) is 13.2 Å². The van der Waals surface area contributed by atoms with Crippen LogP contribution in [0.1, 0.15) is 39.5 Å². The van der Waals surface area contributed by atoms with Crippen LogP contribution < -0.4 is 4.74 Å². The van der Waals surface area contributed by atoms with Gasteiger partial charge in [0.25, 0.3) is 0 Å². The number of ether oxygens (including phenoxy) is 2. The van der Waals surface area contributed by atoms with Crippen molar-refractivity contribution in [1.82, 2.24) is 0 Å².